The number of cyclic esters (lactones) is 1. The van der Waals surface area contributed by atoms with Crippen molar-refractivity contribution >= 4 is 40.0 Å². The van der Waals surface area contributed by atoms with Crippen molar-refractivity contribution in [3.05, 3.63) is 58.2 Å². The quantitative estimate of drug-likeness (QED) is 0.168. The first-order valence-electron chi connectivity index (χ1n) is 21.9. The minimum Gasteiger partial charge on any atom is -0.464 e. The van der Waals surface area contributed by atoms with Gasteiger partial charge < -0.3 is 29.2 Å². The lowest BCUT2D eigenvalue weighted by molar-refractivity contribution is -0.157. The van der Waals surface area contributed by atoms with Gasteiger partial charge in [0.2, 0.25) is 5.91 Å². The number of amides is 2. The van der Waals surface area contributed by atoms with Crippen LogP contribution in [0.25, 0.3) is 33.4 Å². The fourth-order valence-corrected chi connectivity index (χ4v) is 10.4. The van der Waals surface area contributed by atoms with E-state index in [0.717, 1.165) is 51.2 Å². The third kappa shape index (κ3) is 8.87. The molecule has 328 valence electrons. The highest BCUT2D eigenvalue weighted by atomic mass is 32.1. The number of hydrazine groups is 1. The van der Waals surface area contributed by atoms with Gasteiger partial charge in [-0.1, -0.05) is 33.8 Å². The van der Waals surface area contributed by atoms with Gasteiger partial charge in [-0.15, -0.1) is 11.3 Å². The number of hydrogen-bond donors (Lipinski definition) is 3. The molecule has 8 rings (SSSR count). The monoisotopic (exact) mass is 855 g/mol. The Labute approximate surface area is 362 Å². The second-order valence-corrected chi connectivity index (χ2v) is 19.1. The van der Waals surface area contributed by atoms with Gasteiger partial charge in [0.05, 0.1) is 42.5 Å². The molecule has 15 heteroatoms. The van der Waals surface area contributed by atoms with Crippen LogP contribution >= 0.6 is 11.3 Å². The molecule has 0 spiro atoms. The number of rotatable bonds is 10. The van der Waals surface area contributed by atoms with Crippen LogP contribution < -0.4 is 10.7 Å². The number of nitrogens with zero attached hydrogens (tertiary/aromatic N) is 5. The number of aliphatic hydroxyl groups excluding tert-OH is 1. The van der Waals surface area contributed by atoms with E-state index in [4.69, 9.17) is 24.2 Å². The molecule has 14 nitrogen and oxygen atoms in total. The number of thiazole rings is 1. The maximum absolute atomic E-state index is 14.8. The number of aliphatic hydroxyl groups is 1. The summed E-state index contributed by atoms with van der Waals surface area (Å²) < 4.78 is 21.0. The fraction of sp³-hybridized carbons (Fsp3) is 0.587. The number of hydrogen-bond acceptors (Lipinski definition) is 12. The zero-order valence-corrected chi connectivity index (χ0v) is 37.3. The number of carbonyl (C=O) groups is 3. The number of β-amino-alcohol motifs (C(OH)–C–C–N with tert-alkyl or cyclic N) is 1. The molecule has 0 radical (unpaired) electrons. The van der Waals surface area contributed by atoms with Crippen molar-refractivity contribution in [3.8, 4) is 22.5 Å². The van der Waals surface area contributed by atoms with E-state index in [-0.39, 0.29) is 49.1 Å². The van der Waals surface area contributed by atoms with Crippen LogP contribution in [0.1, 0.15) is 89.3 Å². The van der Waals surface area contributed by atoms with E-state index in [1.807, 2.05) is 32.2 Å². The number of fused-ring (bicyclic) bond motifs is 6. The number of aryl methyl sites for hydroxylation is 1. The topological polar surface area (TPSA) is 160 Å². The first-order chi connectivity index (χ1) is 29.3. The van der Waals surface area contributed by atoms with Crippen molar-refractivity contribution in [2.45, 2.75) is 104 Å². The van der Waals surface area contributed by atoms with Gasteiger partial charge in [-0.3, -0.25) is 29.3 Å². The molecule has 2 unspecified atom stereocenters. The number of likely N-dealkylation sites (tertiary alicyclic amines) is 1. The lowest BCUT2D eigenvalue weighted by Crippen LogP contribution is -2.61. The summed E-state index contributed by atoms with van der Waals surface area (Å²) in [5, 5.41) is 18.4. The van der Waals surface area contributed by atoms with Crippen LogP contribution in [0.2, 0.25) is 0 Å². The van der Waals surface area contributed by atoms with Crippen LogP contribution in [0, 0.1) is 23.2 Å². The molecule has 1 saturated carbocycles. The molecule has 3 aromatic heterocycles. The smallest absolute Gasteiger partial charge is 0.324 e. The van der Waals surface area contributed by atoms with Crippen LogP contribution in [0.3, 0.4) is 0 Å². The molecule has 4 aromatic rings. The van der Waals surface area contributed by atoms with Crippen molar-refractivity contribution in [2.24, 2.45) is 23.2 Å². The molecule has 3 fully saturated rings. The van der Waals surface area contributed by atoms with Crippen LogP contribution in [-0.2, 0) is 41.6 Å². The number of methoxy groups -OCH3 is 1. The van der Waals surface area contributed by atoms with E-state index in [2.05, 4.69) is 65.2 Å². The Bertz CT molecular complexity index is 2250. The normalized spacial score (nSPS) is 27.5. The van der Waals surface area contributed by atoms with Crippen LogP contribution in [0.15, 0.2) is 41.9 Å². The third-order valence-corrected chi connectivity index (χ3v) is 14.2. The predicted molar refractivity (Wildman–Crippen MR) is 233 cm³/mol. The average Bonchev–Trinajstić information content (AvgIpc) is 3.68. The molecule has 1 aromatic carbocycles. The number of aromatic nitrogens is 3. The molecule has 3 aliphatic heterocycles. The Morgan fingerprint density at radius 2 is 1.97 bits per heavy atom. The molecule has 6 bridgehead atoms. The van der Waals surface area contributed by atoms with Crippen molar-refractivity contribution < 1.29 is 33.7 Å². The lowest BCUT2D eigenvalue weighted by atomic mass is 9.84. The van der Waals surface area contributed by atoms with Crippen LogP contribution in [0.4, 0.5) is 0 Å². The Hall–Kier alpha value is -4.25. The van der Waals surface area contributed by atoms with Crippen molar-refractivity contribution in [2.75, 3.05) is 46.5 Å². The molecule has 2 amide bonds. The van der Waals surface area contributed by atoms with Crippen molar-refractivity contribution in [3.63, 3.8) is 0 Å². The summed E-state index contributed by atoms with van der Waals surface area (Å²) in [6, 6.07) is 8.60. The van der Waals surface area contributed by atoms with Gasteiger partial charge in [0.1, 0.15) is 23.2 Å². The fourth-order valence-electron chi connectivity index (χ4n) is 9.47. The Balaban J connectivity index is 1.26. The van der Waals surface area contributed by atoms with Gasteiger partial charge in [0.15, 0.2) is 0 Å². The molecule has 1 aliphatic carbocycles. The molecule has 6 heterocycles. The summed E-state index contributed by atoms with van der Waals surface area (Å²) in [5.41, 5.74) is 9.38. The second-order valence-electron chi connectivity index (χ2n) is 18.2. The highest BCUT2D eigenvalue weighted by Gasteiger charge is 2.50. The van der Waals surface area contributed by atoms with E-state index < -0.39 is 35.5 Å². The lowest BCUT2D eigenvalue weighted by Gasteiger charge is -2.37. The zero-order chi connectivity index (χ0) is 43.2. The molecular formula is C46H61N7O7S. The SMILES string of the molecule is CCn1c(-c2cccnc2[C@H](C)OC)c2c3cc(ccc31)-c1csc(n1)C(OCCN1CC[C@@H](O)C1)[C@H](NC(=O)C1[C@@H](C)[C@H]1C)C(=O)N1CCC[C@H](N1)C(=O)OCC(C)(C)C2. The van der Waals surface area contributed by atoms with Gasteiger partial charge >= 0.3 is 5.97 Å². The van der Waals surface area contributed by atoms with E-state index >= 15 is 0 Å². The van der Waals surface area contributed by atoms with E-state index in [9.17, 15) is 19.5 Å². The highest BCUT2D eigenvalue weighted by Crippen LogP contribution is 2.46. The summed E-state index contributed by atoms with van der Waals surface area (Å²) in [5.74, 6) is -0.872. The van der Waals surface area contributed by atoms with E-state index in [0.29, 0.717) is 56.9 Å². The number of pyridine rings is 1. The molecule has 2 saturated heterocycles. The Kier molecular flexibility index (Phi) is 12.7. The van der Waals surface area contributed by atoms with E-state index in [1.165, 1.54) is 16.3 Å². The van der Waals surface area contributed by atoms with Gasteiger partial charge in [-0.05, 0) is 81.2 Å². The van der Waals surface area contributed by atoms with Crippen LogP contribution in [-0.4, -0.2) is 112 Å². The maximum atomic E-state index is 14.8. The Morgan fingerprint density at radius 3 is 2.69 bits per heavy atom. The number of carbonyl (C=O) groups excluding carboxylic acids is 3. The average molecular weight is 856 g/mol. The standard InChI is InChI=1S/C46H61N7O7S/c1-8-52-36-14-13-29-21-32(36)33(40(52)31-11-9-16-47-38(31)28(4)58-7)22-46(5,6)25-60-45(57)34-12-10-17-53(50-34)44(56)39(49-42(55)37-26(2)27(37)3)41(43-48-35(29)24-61-43)59-20-19-51-18-15-30(54)23-51/h9,11,13-14,16,21,24,26-28,30,34,37,39,41,50,54H,8,10,12,15,17-20,22-23,25H2,1-7H3,(H,49,55)/t26-,27+,28-,30+,34-,37?,39-,41?/m0/s1. The zero-order valence-electron chi connectivity index (χ0n) is 36.5. The largest absolute Gasteiger partial charge is 0.464 e. The van der Waals surface area contributed by atoms with Gasteiger partial charge in [-0.25, -0.2) is 10.4 Å². The van der Waals surface area contributed by atoms with Crippen molar-refractivity contribution in [1.29, 1.82) is 0 Å². The minimum absolute atomic E-state index is 0.153. The maximum Gasteiger partial charge on any atom is 0.324 e. The second kappa shape index (κ2) is 17.9. The molecule has 61 heavy (non-hydrogen) atoms. The summed E-state index contributed by atoms with van der Waals surface area (Å²) in [6.45, 7) is 15.8. The summed E-state index contributed by atoms with van der Waals surface area (Å²) in [6.07, 6.45) is 2.58. The van der Waals surface area contributed by atoms with Gasteiger partial charge in [-0.2, -0.15) is 0 Å². The predicted octanol–water partition coefficient (Wildman–Crippen LogP) is 5.69. The molecule has 3 N–H and O–H groups in total. The number of benzene rings is 1. The molecule has 4 aliphatic rings. The molecular weight excluding hydrogens is 795 g/mol. The minimum atomic E-state index is -1.13. The highest BCUT2D eigenvalue weighted by molar-refractivity contribution is 7.10. The Morgan fingerprint density at radius 1 is 1.16 bits per heavy atom. The van der Waals surface area contributed by atoms with Gasteiger partial charge in [0, 0.05) is 84.8 Å². The van der Waals surface area contributed by atoms with E-state index in [1.54, 1.807) is 13.3 Å². The van der Waals surface area contributed by atoms with Gasteiger partial charge in [0.25, 0.3) is 5.91 Å². The number of esters is 1. The summed E-state index contributed by atoms with van der Waals surface area (Å²) in [4.78, 5) is 54.8. The summed E-state index contributed by atoms with van der Waals surface area (Å²) >= 11 is 1.40. The summed E-state index contributed by atoms with van der Waals surface area (Å²) in [7, 11) is 1.69. The third-order valence-electron chi connectivity index (χ3n) is 13.3. The number of ether oxygens (including phenoxy) is 3. The number of nitrogens with one attached hydrogen (secondary N) is 2. The first-order valence-corrected chi connectivity index (χ1v) is 22.8. The first kappa shape index (κ1) is 43.4. The van der Waals surface area contributed by atoms with Crippen LogP contribution in [0.5, 0.6) is 0 Å². The molecule has 8 atom stereocenters. The van der Waals surface area contributed by atoms with Crippen molar-refractivity contribution in [1.82, 2.24) is 35.2 Å².